The van der Waals surface area contributed by atoms with Gasteiger partial charge in [-0.25, -0.2) is 0 Å². The molecule has 0 fully saturated rings. The molecule has 0 saturated carbocycles. The van der Waals surface area contributed by atoms with E-state index in [0.717, 1.165) is 44.9 Å². The van der Waals surface area contributed by atoms with Crippen molar-refractivity contribution < 1.29 is 19.4 Å². The fourth-order valence-corrected chi connectivity index (χ4v) is 2.97. The standard InChI is InChI=1S/C26H44O4/c1-5-6-7-8-9-10-11-12-13-14-15-16-17-18-19-20-23(27)21-24(28)22-25(29)30-26(2,3)4/h6-7,9-10,12-13,23,27H,5,8,11,14-22H2,1-4H3/b7-6-,10-9-,13-12-/t23-/m1/s1. The van der Waals surface area contributed by atoms with Gasteiger partial charge in [-0.05, 0) is 59.3 Å². The number of ether oxygens (including phenoxy) is 1. The molecule has 0 heterocycles. The molecule has 0 aromatic heterocycles. The fourth-order valence-electron chi connectivity index (χ4n) is 2.97. The summed E-state index contributed by atoms with van der Waals surface area (Å²) in [6.45, 7) is 7.46. The number of hydrogen-bond acceptors (Lipinski definition) is 4. The molecular weight excluding hydrogens is 376 g/mol. The lowest BCUT2D eigenvalue weighted by Crippen LogP contribution is -2.26. The second-order valence-electron chi connectivity index (χ2n) is 8.80. The van der Waals surface area contributed by atoms with E-state index in [9.17, 15) is 14.7 Å². The molecule has 4 heteroatoms. The summed E-state index contributed by atoms with van der Waals surface area (Å²) < 4.78 is 5.13. The number of Topliss-reactive ketones (excluding diaryl/α,β-unsaturated/α-hetero) is 1. The van der Waals surface area contributed by atoms with Crippen LogP contribution in [0.15, 0.2) is 36.5 Å². The largest absolute Gasteiger partial charge is 0.460 e. The summed E-state index contributed by atoms with van der Waals surface area (Å²) in [6.07, 6.45) is 22.8. The molecule has 0 rings (SSSR count). The van der Waals surface area contributed by atoms with Crippen molar-refractivity contribution in [3.05, 3.63) is 36.5 Å². The molecule has 0 aliphatic heterocycles. The van der Waals surface area contributed by atoms with Gasteiger partial charge in [-0.2, -0.15) is 0 Å². The zero-order valence-corrected chi connectivity index (χ0v) is 19.7. The Kier molecular flexibility index (Phi) is 17.1. The Morgan fingerprint density at radius 3 is 2.07 bits per heavy atom. The highest BCUT2D eigenvalue weighted by Crippen LogP contribution is 2.13. The average Bonchev–Trinajstić information content (AvgIpc) is 2.63. The SMILES string of the molecule is CC/C=C\C/C=C\C/C=C\CCCCCCC[C@@H](O)CC(=O)CC(=O)OC(C)(C)C. The predicted molar refractivity (Wildman–Crippen MR) is 125 cm³/mol. The maximum atomic E-state index is 11.8. The summed E-state index contributed by atoms with van der Waals surface area (Å²) >= 11 is 0. The summed E-state index contributed by atoms with van der Waals surface area (Å²) in [5.74, 6) is -0.773. The summed E-state index contributed by atoms with van der Waals surface area (Å²) in [4.78, 5) is 23.5. The van der Waals surface area contributed by atoms with E-state index in [1.165, 1.54) is 12.8 Å². The average molecular weight is 421 g/mol. The molecule has 0 aliphatic carbocycles. The first-order chi connectivity index (χ1) is 14.2. The number of esters is 1. The van der Waals surface area contributed by atoms with Gasteiger partial charge in [-0.1, -0.05) is 69.1 Å². The van der Waals surface area contributed by atoms with Gasteiger partial charge in [-0.15, -0.1) is 0 Å². The molecule has 0 amide bonds. The minimum atomic E-state index is -0.659. The number of aliphatic hydroxyl groups excluding tert-OH is 1. The monoisotopic (exact) mass is 420 g/mol. The lowest BCUT2D eigenvalue weighted by Gasteiger charge is -2.19. The maximum Gasteiger partial charge on any atom is 0.313 e. The van der Waals surface area contributed by atoms with E-state index >= 15 is 0 Å². The quantitative estimate of drug-likeness (QED) is 0.124. The second kappa shape index (κ2) is 18.1. The van der Waals surface area contributed by atoms with Gasteiger partial charge in [0.1, 0.15) is 17.8 Å². The van der Waals surface area contributed by atoms with Crippen LogP contribution >= 0.6 is 0 Å². The molecule has 0 unspecified atom stereocenters. The van der Waals surface area contributed by atoms with E-state index in [4.69, 9.17) is 4.74 Å². The number of rotatable bonds is 17. The number of unbranched alkanes of at least 4 members (excludes halogenated alkanes) is 5. The van der Waals surface area contributed by atoms with Crippen LogP contribution in [0.25, 0.3) is 0 Å². The van der Waals surface area contributed by atoms with E-state index in [2.05, 4.69) is 43.4 Å². The molecule has 0 aromatic rings. The first-order valence-corrected chi connectivity index (χ1v) is 11.6. The Labute approximate surface area is 184 Å². The van der Waals surface area contributed by atoms with Crippen LogP contribution in [0.3, 0.4) is 0 Å². The van der Waals surface area contributed by atoms with Crippen molar-refractivity contribution in [1.82, 2.24) is 0 Å². The van der Waals surface area contributed by atoms with Crippen molar-refractivity contribution >= 4 is 11.8 Å². The number of carbonyl (C=O) groups excluding carboxylic acids is 2. The molecule has 172 valence electrons. The van der Waals surface area contributed by atoms with E-state index in [1.54, 1.807) is 20.8 Å². The first kappa shape index (κ1) is 28.3. The van der Waals surface area contributed by atoms with Gasteiger partial charge in [0.2, 0.25) is 0 Å². The van der Waals surface area contributed by atoms with E-state index in [1.807, 2.05) is 0 Å². The molecule has 0 aromatic carbocycles. The van der Waals surface area contributed by atoms with Gasteiger partial charge in [0.05, 0.1) is 6.10 Å². The minimum absolute atomic E-state index is 0.0351. The third-order valence-corrected chi connectivity index (χ3v) is 4.41. The Morgan fingerprint density at radius 2 is 1.43 bits per heavy atom. The van der Waals surface area contributed by atoms with Gasteiger partial charge in [-0.3, -0.25) is 9.59 Å². The van der Waals surface area contributed by atoms with Gasteiger partial charge in [0.25, 0.3) is 0 Å². The third-order valence-electron chi connectivity index (χ3n) is 4.41. The van der Waals surface area contributed by atoms with Crippen LogP contribution in [0, 0.1) is 0 Å². The van der Waals surface area contributed by atoms with E-state index < -0.39 is 17.7 Å². The number of carbonyl (C=O) groups is 2. The van der Waals surface area contributed by atoms with E-state index in [0.29, 0.717) is 6.42 Å². The van der Waals surface area contributed by atoms with E-state index in [-0.39, 0.29) is 18.6 Å². The summed E-state index contributed by atoms with van der Waals surface area (Å²) in [5.41, 5.74) is -0.589. The first-order valence-electron chi connectivity index (χ1n) is 11.6. The van der Waals surface area contributed by atoms with Crippen LogP contribution in [0.2, 0.25) is 0 Å². The topological polar surface area (TPSA) is 63.6 Å². The van der Waals surface area contributed by atoms with Crippen molar-refractivity contribution in [2.45, 2.75) is 116 Å². The number of ketones is 1. The Morgan fingerprint density at radius 1 is 0.867 bits per heavy atom. The molecule has 1 N–H and O–H groups in total. The summed E-state index contributed by atoms with van der Waals surface area (Å²) in [7, 11) is 0. The number of hydrogen-bond donors (Lipinski definition) is 1. The molecule has 0 bridgehead atoms. The zero-order valence-electron chi connectivity index (χ0n) is 19.7. The van der Waals surface area contributed by atoms with Crippen molar-refractivity contribution in [2.24, 2.45) is 0 Å². The second-order valence-corrected chi connectivity index (χ2v) is 8.80. The third kappa shape index (κ3) is 21.0. The van der Waals surface area contributed by atoms with Gasteiger partial charge < -0.3 is 9.84 Å². The minimum Gasteiger partial charge on any atom is -0.460 e. The normalized spacial score (nSPS) is 13.5. The van der Waals surface area contributed by atoms with Gasteiger partial charge in [0, 0.05) is 6.42 Å². The molecule has 0 saturated heterocycles. The molecule has 0 spiro atoms. The molecule has 0 radical (unpaired) electrons. The summed E-state index contributed by atoms with van der Waals surface area (Å²) in [6, 6.07) is 0. The molecule has 0 aliphatic rings. The highest BCUT2D eigenvalue weighted by molar-refractivity contribution is 5.95. The number of aliphatic hydroxyl groups is 1. The molecular formula is C26H44O4. The molecule has 1 atom stereocenters. The number of allylic oxidation sites excluding steroid dienone is 6. The predicted octanol–water partition coefficient (Wildman–Crippen LogP) is 6.63. The molecule has 30 heavy (non-hydrogen) atoms. The Bertz CT molecular complexity index is 538. The Balaban J connectivity index is 3.59. The van der Waals surface area contributed by atoms with Crippen LogP contribution in [0.1, 0.15) is 105 Å². The van der Waals surface area contributed by atoms with Crippen molar-refractivity contribution in [3.63, 3.8) is 0 Å². The highest BCUT2D eigenvalue weighted by atomic mass is 16.6. The van der Waals surface area contributed by atoms with Crippen molar-refractivity contribution in [1.29, 1.82) is 0 Å². The zero-order chi connectivity index (χ0) is 22.7. The van der Waals surface area contributed by atoms with Crippen LogP contribution < -0.4 is 0 Å². The highest BCUT2D eigenvalue weighted by Gasteiger charge is 2.20. The van der Waals surface area contributed by atoms with Crippen LogP contribution in [0.5, 0.6) is 0 Å². The van der Waals surface area contributed by atoms with Crippen LogP contribution in [-0.4, -0.2) is 28.6 Å². The van der Waals surface area contributed by atoms with Gasteiger partial charge in [0.15, 0.2) is 0 Å². The van der Waals surface area contributed by atoms with Crippen LogP contribution in [0.4, 0.5) is 0 Å². The van der Waals surface area contributed by atoms with Gasteiger partial charge >= 0.3 is 5.97 Å². The lowest BCUT2D eigenvalue weighted by molar-refractivity contribution is -0.156. The summed E-state index contributed by atoms with van der Waals surface area (Å²) in [5, 5.41) is 9.98. The lowest BCUT2D eigenvalue weighted by atomic mass is 10.0. The van der Waals surface area contributed by atoms with Crippen LogP contribution in [-0.2, 0) is 14.3 Å². The fraction of sp³-hybridized carbons (Fsp3) is 0.692. The Hall–Kier alpha value is -1.68. The maximum absolute atomic E-state index is 11.8. The van der Waals surface area contributed by atoms with Crippen molar-refractivity contribution in [2.75, 3.05) is 0 Å². The van der Waals surface area contributed by atoms with Crippen molar-refractivity contribution in [3.8, 4) is 0 Å². The smallest absolute Gasteiger partial charge is 0.313 e. The molecule has 4 nitrogen and oxygen atoms in total.